The fraction of sp³-hybridized carbons (Fsp3) is 0.0667. The second-order valence-corrected chi connectivity index (χ2v) is 5.47. The molecule has 0 saturated heterocycles. The second kappa shape index (κ2) is 5.21. The van der Waals surface area contributed by atoms with Crippen molar-refractivity contribution >= 4 is 33.4 Å². The molecule has 2 nitrogen and oxygen atoms in total. The Morgan fingerprint density at radius 1 is 1.11 bits per heavy atom. The third-order valence-corrected chi connectivity index (χ3v) is 3.83. The van der Waals surface area contributed by atoms with Crippen molar-refractivity contribution in [3.63, 3.8) is 0 Å². The molecule has 0 atom stereocenters. The molecular formula is C15H10FIN2. The largest absolute Gasteiger partial charge is 0.206 e. The normalized spacial score (nSPS) is 10.8. The summed E-state index contributed by atoms with van der Waals surface area (Å²) in [4.78, 5) is 0. The summed E-state index contributed by atoms with van der Waals surface area (Å²) >= 11 is 2.00. The van der Waals surface area contributed by atoms with Gasteiger partial charge in [0.05, 0.1) is 11.9 Å². The maximum atomic E-state index is 13.3. The quantitative estimate of drug-likeness (QED) is 0.644. The number of rotatable bonds is 2. The van der Waals surface area contributed by atoms with Crippen molar-refractivity contribution in [2.75, 3.05) is 0 Å². The van der Waals surface area contributed by atoms with Crippen molar-refractivity contribution in [3.05, 3.63) is 69.3 Å². The SMILES string of the molecule is Fc1ccc(Cc2nncc3ccccc23)cc1I. The van der Waals surface area contributed by atoms with E-state index in [4.69, 9.17) is 0 Å². The highest BCUT2D eigenvalue weighted by Gasteiger charge is 2.06. The summed E-state index contributed by atoms with van der Waals surface area (Å²) in [7, 11) is 0. The van der Waals surface area contributed by atoms with Crippen LogP contribution in [0.15, 0.2) is 48.7 Å². The minimum absolute atomic E-state index is 0.187. The number of benzene rings is 2. The van der Waals surface area contributed by atoms with E-state index in [2.05, 4.69) is 10.2 Å². The molecule has 1 aromatic heterocycles. The Morgan fingerprint density at radius 3 is 2.79 bits per heavy atom. The van der Waals surface area contributed by atoms with Crippen LogP contribution in [0.4, 0.5) is 4.39 Å². The fourth-order valence-corrected chi connectivity index (χ4v) is 2.64. The maximum absolute atomic E-state index is 13.3. The summed E-state index contributed by atoms with van der Waals surface area (Å²) in [6.07, 6.45) is 2.41. The third-order valence-electron chi connectivity index (χ3n) is 3.00. The maximum Gasteiger partial charge on any atom is 0.136 e. The van der Waals surface area contributed by atoms with Gasteiger partial charge in [-0.15, -0.1) is 0 Å². The molecule has 0 aliphatic rings. The highest BCUT2D eigenvalue weighted by molar-refractivity contribution is 14.1. The number of nitrogens with zero attached hydrogens (tertiary/aromatic N) is 2. The predicted molar refractivity (Wildman–Crippen MR) is 81.5 cm³/mol. The number of hydrogen-bond donors (Lipinski definition) is 0. The first-order valence-corrected chi connectivity index (χ1v) is 6.95. The molecule has 3 rings (SSSR count). The molecule has 0 saturated carbocycles. The van der Waals surface area contributed by atoms with Gasteiger partial charge < -0.3 is 0 Å². The molecule has 0 amide bonds. The number of aromatic nitrogens is 2. The van der Waals surface area contributed by atoms with E-state index < -0.39 is 0 Å². The van der Waals surface area contributed by atoms with Crippen LogP contribution < -0.4 is 0 Å². The molecule has 19 heavy (non-hydrogen) atoms. The first kappa shape index (κ1) is 12.5. The van der Waals surface area contributed by atoms with Crippen LogP contribution in [0.3, 0.4) is 0 Å². The van der Waals surface area contributed by atoms with Crippen molar-refractivity contribution in [3.8, 4) is 0 Å². The first-order chi connectivity index (χ1) is 9.24. The number of hydrogen-bond acceptors (Lipinski definition) is 2. The molecule has 0 N–H and O–H groups in total. The molecule has 2 aromatic carbocycles. The van der Waals surface area contributed by atoms with Gasteiger partial charge in [0.15, 0.2) is 0 Å². The van der Waals surface area contributed by atoms with Gasteiger partial charge in [-0.3, -0.25) is 0 Å². The zero-order valence-electron chi connectivity index (χ0n) is 9.98. The minimum Gasteiger partial charge on any atom is -0.206 e. The molecule has 94 valence electrons. The molecule has 0 radical (unpaired) electrons. The van der Waals surface area contributed by atoms with Crippen LogP contribution in [0.5, 0.6) is 0 Å². The average Bonchev–Trinajstić information content (AvgIpc) is 2.43. The second-order valence-electron chi connectivity index (χ2n) is 4.30. The van der Waals surface area contributed by atoms with Gasteiger partial charge in [0.25, 0.3) is 0 Å². The van der Waals surface area contributed by atoms with Crippen molar-refractivity contribution < 1.29 is 4.39 Å². The van der Waals surface area contributed by atoms with E-state index in [1.165, 1.54) is 6.07 Å². The Kier molecular flexibility index (Phi) is 3.42. The average molecular weight is 364 g/mol. The van der Waals surface area contributed by atoms with E-state index in [1.54, 1.807) is 12.3 Å². The van der Waals surface area contributed by atoms with E-state index in [0.29, 0.717) is 9.99 Å². The van der Waals surface area contributed by atoms with Gasteiger partial charge in [0.2, 0.25) is 0 Å². The zero-order chi connectivity index (χ0) is 13.2. The van der Waals surface area contributed by atoms with Crippen LogP contribution in [0.1, 0.15) is 11.3 Å². The topological polar surface area (TPSA) is 25.8 Å². The van der Waals surface area contributed by atoms with Gasteiger partial charge in [-0.2, -0.15) is 10.2 Å². The lowest BCUT2D eigenvalue weighted by Crippen LogP contribution is -1.97. The van der Waals surface area contributed by atoms with Crippen LogP contribution in [-0.4, -0.2) is 10.2 Å². The van der Waals surface area contributed by atoms with E-state index in [0.717, 1.165) is 22.0 Å². The molecule has 0 spiro atoms. The molecule has 0 fully saturated rings. The van der Waals surface area contributed by atoms with Crippen LogP contribution >= 0.6 is 22.6 Å². The monoisotopic (exact) mass is 364 g/mol. The van der Waals surface area contributed by atoms with Gasteiger partial charge >= 0.3 is 0 Å². The van der Waals surface area contributed by atoms with Crippen LogP contribution in [0.2, 0.25) is 0 Å². The van der Waals surface area contributed by atoms with Gasteiger partial charge in [-0.1, -0.05) is 30.3 Å². The summed E-state index contributed by atoms with van der Waals surface area (Å²) in [6.45, 7) is 0. The fourth-order valence-electron chi connectivity index (χ4n) is 2.06. The standard InChI is InChI=1S/C15H10FIN2/c16-13-6-5-10(7-14(13)17)8-15-12-4-2-1-3-11(12)9-18-19-15/h1-7,9H,8H2. The Morgan fingerprint density at radius 2 is 1.95 bits per heavy atom. The van der Waals surface area contributed by atoms with Crippen molar-refractivity contribution in [1.82, 2.24) is 10.2 Å². The molecule has 0 bridgehead atoms. The Labute approximate surface area is 123 Å². The van der Waals surface area contributed by atoms with E-state index >= 15 is 0 Å². The number of halogens is 2. The number of fused-ring (bicyclic) bond motifs is 1. The third kappa shape index (κ3) is 2.58. The predicted octanol–water partition coefficient (Wildman–Crippen LogP) is 3.96. The van der Waals surface area contributed by atoms with Gasteiger partial charge in [0.1, 0.15) is 5.82 Å². The summed E-state index contributed by atoms with van der Waals surface area (Å²) in [6, 6.07) is 13.2. The van der Waals surface area contributed by atoms with Crippen LogP contribution in [-0.2, 0) is 6.42 Å². The summed E-state index contributed by atoms with van der Waals surface area (Å²) in [5.74, 6) is -0.187. The molecule has 1 heterocycles. The van der Waals surface area contributed by atoms with Crippen molar-refractivity contribution in [1.29, 1.82) is 0 Å². The Balaban J connectivity index is 2.03. The van der Waals surface area contributed by atoms with Crippen LogP contribution in [0, 0.1) is 9.39 Å². The van der Waals surface area contributed by atoms with Crippen molar-refractivity contribution in [2.24, 2.45) is 0 Å². The summed E-state index contributed by atoms with van der Waals surface area (Å²) in [5, 5.41) is 10.4. The van der Waals surface area contributed by atoms with Crippen molar-refractivity contribution in [2.45, 2.75) is 6.42 Å². The molecular weight excluding hydrogens is 354 g/mol. The van der Waals surface area contributed by atoms with Gasteiger partial charge in [-0.25, -0.2) is 4.39 Å². The first-order valence-electron chi connectivity index (χ1n) is 5.87. The molecule has 0 aliphatic carbocycles. The molecule has 0 unspecified atom stereocenters. The Hall–Kier alpha value is -1.56. The molecule has 4 heteroatoms. The van der Waals surface area contributed by atoms with E-state index in [1.807, 2.05) is 52.9 Å². The smallest absolute Gasteiger partial charge is 0.136 e. The lowest BCUT2D eigenvalue weighted by Gasteiger charge is -2.05. The summed E-state index contributed by atoms with van der Waals surface area (Å²) in [5.41, 5.74) is 1.96. The Bertz CT molecular complexity index is 738. The summed E-state index contributed by atoms with van der Waals surface area (Å²) < 4.78 is 13.9. The minimum atomic E-state index is -0.187. The molecule has 0 aliphatic heterocycles. The van der Waals surface area contributed by atoms with Gasteiger partial charge in [0, 0.05) is 20.8 Å². The lowest BCUT2D eigenvalue weighted by atomic mass is 10.0. The molecule has 3 aromatic rings. The lowest BCUT2D eigenvalue weighted by molar-refractivity contribution is 0.619. The van der Waals surface area contributed by atoms with E-state index in [9.17, 15) is 4.39 Å². The highest BCUT2D eigenvalue weighted by atomic mass is 127. The van der Waals surface area contributed by atoms with Crippen LogP contribution in [0.25, 0.3) is 10.8 Å². The highest BCUT2D eigenvalue weighted by Crippen LogP contribution is 2.20. The zero-order valence-corrected chi connectivity index (χ0v) is 12.1. The van der Waals surface area contributed by atoms with E-state index in [-0.39, 0.29) is 5.82 Å². The van der Waals surface area contributed by atoms with Gasteiger partial charge in [-0.05, 0) is 40.3 Å².